The van der Waals surface area contributed by atoms with Gasteiger partial charge >= 0.3 is 0 Å². The Bertz CT molecular complexity index is 472. The summed E-state index contributed by atoms with van der Waals surface area (Å²) in [6.45, 7) is 2.24. The molecule has 2 rings (SSSR count). The van der Waals surface area contributed by atoms with Gasteiger partial charge in [-0.1, -0.05) is 37.6 Å². The SMILES string of the molecule is CCCP(c1ccc(OC)cc1)c1ccc(OC)cc1. The molecule has 0 saturated heterocycles. The molecule has 2 aromatic carbocycles. The molecule has 0 spiro atoms. The van der Waals surface area contributed by atoms with Crippen molar-refractivity contribution in [1.29, 1.82) is 0 Å². The molecule has 0 atom stereocenters. The van der Waals surface area contributed by atoms with E-state index in [-0.39, 0.29) is 7.92 Å². The van der Waals surface area contributed by atoms with E-state index in [1.165, 1.54) is 23.2 Å². The first-order valence-electron chi connectivity index (χ1n) is 6.84. The van der Waals surface area contributed by atoms with Crippen molar-refractivity contribution < 1.29 is 9.47 Å². The molecule has 106 valence electrons. The Morgan fingerprint density at radius 1 is 0.750 bits per heavy atom. The van der Waals surface area contributed by atoms with Gasteiger partial charge in [0.25, 0.3) is 0 Å². The maximum Gasteiger partial charge on any atom is 0.118 e. The van der Waals surface area contributed by atoms with Crippen LogP contribution in [0.1, 0.15) is 13.3 Å². The number of hydrogen-bond donors (Lipinski definition) is 0. The third kappa shape index (κ3) is 3.52. The molecule has 20 heavy (non-hydrogen) atoms. The van der Waals surface area contributed by atoms with Gasteiger partial charge in [0, 0.05) is 0 Å². The smallest absolute Gasteiger partial charge is 0.118 e. The lowest BCUT2D eigenvalue weighted by Crippen LogP contribution is -2.13. The highest BCUT2D eigenvalue weighted by Crippen LogP contribution is 2.35. The first-order chi connectivity index (χ1) is 9.78. The van der Waals surface area contributed by atoms with E-state index >= 15 is 0 Å². The quantitative estimate of drug-likeness (QED) is 0.757. The molecule has 0 saturated carbocycles. The van der Waals surface area contributed by atoms with Gasteiger partial charge in [0.15, 0.2) is 0 Å². The molecule has 0 fully saturated rings. The van der Waals surface area contributed by atoms with Gasteiger partial charge in [0.1, 0.15) is 11.5 Å². The molecule has 0 N–H and O–H groups in total. The van der Waals surface area contributed by atoms with Gasteiger partial charge in [-0.05, 0) is 49.0 Å². The summed E-state index contributed by atoms with van der Waals surface area (Å²) in [7, 11) is 3.11. The summed E-state index contributed by atoms with van der Waals surface area (Å²) in [5.41, 5.74) is 0. The second kappa shape index (κ2) is 7.31. The first-order valence-corrected chi connectivity index (χ1v) is 8.36. The van der Waals surface area contributed by atoms with Crippen LogP contribution in [0.25, 0.3) is 0 Å². The summed E-state index contributed by atoms with van der Waals surface area (Å²) in [5.74, 6) is 1.82. The van der Waals surface area contributed by atoms with Gasteiger partial charge in [0.05, 0.1) is 14.2 Å². The number of benzene rings is 2. The Balaban J connectivity index is 2.28. The first kappa shape index (κ1) is 14.9. The molecule has 0 aliphatic carbocycles. The Kier molecular flexibility index (Phi) is 5.43. The van der Waals surface area contributed by atoms with E-state index in [1.54, 1.807) is 14.2 Å². The van der Waals surface area contributed by atoms with E-state index in [1.807, 2.05) is 24.3 Å². The summed E-state index contributed by atoms with van der Waals surface area (Å²) in [4.78, 5) is 0. The molecule has 0 aliphatic rings. The van der Waals surface area contributed by atoms with Crippen molar-refractivity contribution in [3.8, 4) is 11.5 Å². The van der Waals surface area contributed by atoms with Gasteiger partial charge in [-0.3, -0.25) is 0 Å². The van der Waals surface area contributed by atoms with Crippen molar-refractivity contribution in [1.82, 2.24) is 0 Å². The predicted molar refractivity (Wildman–Crippen MR) is 87.3 cm³/mol. The number of hydrogen-bond acceptors (Lipinski definition) is 2. The topological polar surface area (TPSA) is 18.5 Å². The summed E-state index contributed by atoms with van der Waals surface area (Å²) in [6, 6.07) is 16.9. The standard InChI is InChI=1S/C17H21O2P/c1-4-13-20(16-9-5-14(18-2)6-10-16)17-11-7-15(19-3)8-12-17/h5-12H,4,13H2,1-3H3. The van der Waals surface area contributed by atoms with Crippen LogP contribution < -0.4 is 20.1 Å². The fraction of sp³-hybridized carbons (Fsp3) is 0.294. The Morgan fingerprint density at radius 3 is 1.45 bits per heavy atom. The van der Waals surface area contributed by atoms with Crippen LogP contribution in [0.15, 0.2) is 48.5 Å². The second-order valence-electron chi connectivity index (χ2n) is 4.55. The van der Waals surface area contributed by atoms with Crippen LogP contribution in [-0.4, -0.2) is 20.4 Å². The average Bonchev–Trinajstić information content (AvgIpc) is 2.53. The minimum Gasteiger partial charge on any atom is -0.497 e. The Labute approximate surface area is 122 Å². The lowest BCUT2D eigenvalue weighted by atomic mass is 10.3. The third-order valence-electron chi connectivity index (χ3n) is 3.22. The molecule has 0 heterocycles. The van der Waals surface area contributed by atoms with E-state index in [0.717, 1.165) is 11.5 Å². The van der Waals surface area contributed by atoms with Crippen LogP contribution in [0.5, 0.6) is 11.5 Å². The van der Waals surface area contributed by atoms with Gasteiger partial charge in [0.2, 0.25) is 0 Å². The van der Waals surface area contributed by atoms with Gasteiger partial charge in [-0.2, -0.15) is 0 Å². The summed E-state index contributed by atoms with van der Waals surface area (Å²) >= 11 is 0. The molecule has 0 aliphatic heterocycles. The zero-order valence-electron chi connectivity index (χ0n) is 12.3. The monoisotopic (exact) mass is 288 g/mol. The molecule has 0 radical (unpaired) electrons. The molecule has 3 heteroatoms. The molecular weight excluding hydrogens is 267 g/mol. The van der Waals surface area contributed by atoms with Gasteiger partial charge in [-0.25, -0.2) is 0 Å². The van der Waals surface area contributed by atoms with Crippen molar-refractivity contribution in [2.45, 2.75) is 13.3 Å². The van der Waals surface area contributed by atoms with Crippen LogP contribution in [0.3, 0.4) is 0 Å². The van der Waals surface area contributed by atoms with Crippen LogP contribution in [0.4, 0.5) is 0 Å². The van der Waals surface area contributed by atoms with Crippen molar-refractivity contribution in [3.63, 3.8) is 0 Å². The summed E-state index contributed by atoms with van der Waals surface area (Å²) in [6.07, 6.45) is 2.39. The highest BCUT2D eigenvalue weighted by molar-refractivity contribution is 7.73. The Morgan fingerprint density at radius 2 is 1.15 bits per heavy atom. The lowest BCUT2D eigenvalue weighted by Gasteiger charge is -2.18. The zero-order chi connectivity index (χ0) is 14.4. The van der Waals surface area contributed by atoms with Crippen LogP contribution in [0, 0.1) is 0 Å². The van der Waals surface area contributed by atoms with Crippen molar-refractivity contribution >= 4 is 18.5 Å². The second-order valence-corrected chi connectivity index (χ2v) is 6.88. The van der Waals surface area contributed by atoms with Gasteiger partial charge in [-0.15, -0.1) is 0 Å². The summed E-state index contributed by atoms with van der Waals surface area (Å²) < 4.78 is 10.5. The van der Waals surface area contributed by atoms with Crippen molar-refractivity contribution in [3.05, 3.63) is 48.5 Å². The molecular formula is C17H21O2P. The third-order valence-corrected chi connectivity index (χ3v) is 5.95. The number of rotatable bonds is 6. The van der Waals surface area contributed by atoms with E-state index in [4.69, 9.17) is 9.47 Å². The highest BCUT2D eigenvalue weighted by Gasteiger charge is 2.13. The minimum atomic E-state index is -0.297. The highest BCUT2D eigenvalue weighted by atomic mass is 31.1. The van der Waals surface area contributed by atoms with Crippen LogP contribution in [0.2, 0.25) is 0 Å². The summed E-state index contributed by atoms with van der Waals surface area (Å²) in [5, 5.41) is 2.79. The molecule has 2 aromatic rings. The molecule has 0 bridgehead atoms. The van der Waals surface area contributed by atoms with Gasteiger partial charge < -0.3 is 9.47 Å². The zero-order valence-corrected chi connectivity index (χ0v) is 13.2. The minimum absolute atomic E-state index is 0.297. The van der Waals surface area contributed by atoms with E-state index in [9.17, 15) is 0 Å². The fourth-order valence-corrected chi connectivity index (χ4v) is 4.43. The largest absolute Gasteiger partial charge is 0.497 e. The molecule has 0 unspecified atom stereocenters. The maximum atomic E-state index is 5.24. The van der Waals surface area contributed by atoms with Crippen LogP contribution in [-0.2, 0) is 0 Å². The number of ether oxygens (including phenoxy) is 2. The average molecular weight is 288 g/mol. The van der Waals surface area contributed by atoms with E-state index in [2.05, 4.69) is 31.2 Å². The van der Waals surface area contributed by atoms with Crippen LogP contribution >= 0.6 is 7.92 Å². The fourth-order valence-electron chi connectivity index (χ4n) is 2.16. The Hall–Kier alpha value is -1.53. The normalized spacial score (nSPS) is 10.6. The molecule has 0 amide bonds. The molecule has 2 nitrogen and oxygen atoms in total. The van der Waals surface area contributed by atoms with Crippen molar-refractivity contribution in [2.24, 2.45) is 0 Å². The number of methoxy groups -OCH3 is 2. The van der Waals surface area contributed by atoms with Crippen molar-refractivity contribution in [2.75, 3.05) is 20.4 Å². The maximum absolute atomic E-state index is 5.24. The van der Waals surface area contributed by atoms with E-state index in [0.29, 0.717) is 0 Å². The van der Waals surface area contributed by atoms with E-state index < -0.39 is 0 Å². The lowest BCUT2D eigenvalue weighted by molar-refractivity contribution is 0.415. The predicted octanol–water partition coefficient (Wildman–Crippen LogP) is 3.55. The molecule has 0 aromatic heterocycles.